The number of carboxylic acids is 1. The van der Waals surface area contributed by atoms with Gasteiger partial charge in [0.05, 0.1) is 6.54 Å². The third-order valence-corrected chi connectivity index (χ3v) is 2.81. The molecule has 0 bridgehead atoms. The minimum atomic E-state index is -0.841. The van der Waals surface area contributed by atoms with E-state index in [4.69, 9.17) is 28.3 Å². The fraction of sp³-hybridized carbons (Fsp3) is 0.417. The number of benzene rings is 1. The quantitative estimate of drug-likeness (QED) is 0.897. The first kappa shape index (κ1) is 14.3. The van der Waals surface area contributed by atoms with Gasteiger partial charge >= 0.3 is 5.97 Å². The van der Waals surface area contributed by atoms with Gasteiger partial charge in [0.1, 0.15) is 0 Å². The third kappa shape index (κ3) is 4.94. The molecule has 94 valence electrons. The molecule has 0 spiro atoms. The van der Waals surface area contributed by atoms with E-state index in [0.717, 1.165) is 5.56 Å². The van der Waals surface area contributed by atoms with Gasteiger partial charge in [-0.1, -0.05) is 23.2 Å². The summed E-state index contributed by atoms with van der Waals surface area (Å²) >= 11 is 11.8. The molecule has 17 heavy (non-hydrogen) atoms. The van der Waals surface area contributed by atoms with Crippen LogP contribution in [0.2, 0.25) is 10.0 Å². The zero-order valence-corrected chi connectivity index (χ0v) is 11.3. The molecule has 5 heteroatoms. The average Bonchev–Trinajstić information content (AvgIpc) is 2.13. The van der Waals surface area contributed by atoms with Gasteiger partial charge in [-0.3, -0.25) is 9.69 Å². The fourth-order valence-electron chi connectivity index (χ4n) is 1.53. The van der Waals surface area contributed by atoms with Crippen LogP contribution in [0.1, 0.15) is 19.4 Å². The van der Waals surface area contributed by atoms with Crippen LogP contribution in [0.4, 0.5) is 0 Å². The first-order chi connectivity index (χ1) is 7.88. The maximum absolute atomic E-state index is 10.7. The van der Waals surface area contributed by atoms with Crippen LogP contribution in [0.3, 0.4) is 0 Å². The van der Waals surface area contributed by atoms with E-state index in [2.05, 4.69) is 0 Å². The van der Waals surface area contributed by atoms with Gasteiger partial charge in [-0.05, 0) is 37.6 Å². The number of hydrogen-bond acceptors (Lipinski definition) is 2. The summed E-state index contributed by atoms with van der Waals surface area (Å²) in [5, 5.41) is 9.95. The summed E-state index contributed by atoms with van der Waals surface area (Å²) in [6.45, 7) is 4.43. The number of carbonyl (C=O) groups is 1. The van der Waals surface area contributed by atoms with Crippen LogP contribution in [0.15, 0.2) is 18.2 Å². The zero-order chi connectivity index (χ0) is 13.0. The van der Waals surface area contributed by atoms with E-state index in [1.54, 1.807) is 18.2 Å². The monoisotopic (exact) mass is 275 g/mol. The van der Waals surface area contributed by atoms with Crippen LogP contribution in [0, 0.1) is 0 Å². The van der Waals surface area contributed by atoms with Crippen molar-refractivity contribution in [1.82, 2.24) is 4.90 Å². The molecule has 0 saturated heterocycles. The highest BCUT2D eigenvalue weighted by Crippen LogP contribution is 2.20. The van der Waals surface area contributed by atoms with Gasteiger partial charge in [-0.25, -0.2) is 0 Å². The van der Waals surface area contributed by atoms with Crippen LogP contribution in [0.5, 0.6) is 0 Å². The van der Waals surface area contributed by atoms with Crippen LogP contribution in [-0.4, -0.2) is 28.6 Å². The lowest BCUT2D eigenvalue weighted by atomic mass is 10.2. The lowest BCUT2D eigenvalue weighted by molar-refractivity contribution is -0.138. The van der Waals surface area contributed by atoms with Gasteiger partial charge in [0.2, 0.25) is 0 Å². The van der Waals surface area contributed by atoms with Gasteiger partial charge in [0.25, 0.3) is 0 Å². The predicted octanol–water partition coefficient (Wildman–Crippen LogP) is 3.29. The molecule has 0 aliphatic carbocycles. The molecular weight excluding hydrogens is 261 g/mol. The van der Waals surface area contributed by atoms with Crippen molar-refractivity contribution in [3.8, 4) is 0 Å². The van der Waals surface area contributed by atoms with Gasteiger partial charge in [-0.15, -0.1) is 0 Å². The molecule has 0 aliphatic heterocycles. The Labute approximate surface area is 111 Å². The summed E-state index contributed by atoms with van der Waals surface area (Å²) in [6.07, 6.45) is 0. The number of nitrogens with zero attached hydrogens (tertiary/aromatic N) is 1. The van der Waals surface area contributed by atoms with Gasteiger partial charge in [0.15, 0.2) is 0 Å². The van der Waals surface area contributed by atoms with E-state index >= 15 is 0 Å². The highest BCUT2D eigenvalue weighted by molar-refractivity contribution is 6.34. The topological polar surface area (TPSA) is 40.5 Å². The maximum atomic E-state index is 10.7. The van der Waals surface area contributed by atoms with Crippen molar-refractivity contribution in [3.05, 3.63) is 33.8 Å². The largest absolute Gasteiger partial charge is 0.480 e. The lowest BCUT2D eigenvalue weighted by Crippen LogP contribution is -2.35. The van der Waals surface area contributed by atoms with Gasteiger partial charge < -0.3 is 5.11 Å². The molecule has 0 aromatic heterocycles. The van der Waals surface area contributed by atoms with E-state index in [0.29, 0.717) is 16.6 Å². The minimum Gasteiger partial charge on any atom is -0.480 e. The van der Waals surface area contributed by atoms with E-state index in [-0.39, 0.29) is 12.6 Å². The standard InChI is InChI=1S/C12H15Cl2NO2/c1-8(2)15(7-12(16)17)6-9-3-10(13)5-11(14)4-9/h3-5,8H,6-7H2,1-2H3,(H,16,17). The van der Waals surface area contributed by atoms with Crippen molar-refractivity contribution in [2.75, 3.05) is 6.54 Å². The smallest absolute Gasteiger partial charge is 0.317 e. The summed E-state index contributed by atoms with van der Waals surface area (Å²) in [5.41, 5.74) is 0.914. The molecule has 0 heterocycles. The molecule has 0 atom stereocenters. The second-order valence-electron chi connectivity index (χ2n) is 4.17. The average molecular weight is 276 g/mol. The summed E-state index contributed by atoms with van der Waals surface area (Å²) in [6, 6.07) is 5.39. The maximum Gasteiger partial charge on any atom is 0.317 e. The van der Waals surface area contributed by atoms with Gasteiger partial charge in [-0.2, -0.15) is 0 Å². The molecule has 0 unspecified atom stereocenters. The Hall–Kier alpha value is -0.770. The Balaban J connectivity index is 2.81. The van der Waals surface area contributed by atoms with E-state index < -0.39 is 5.97 Å². The highest BCUT2D eigenvalue weighted by atomic mass is 35.5. The van der Waals surface area contributed by atoms with Crippen LogP contribution in [0.25, 0.3) is 0 Å². The zero-order valence-electron chi connectivity index (χ0n) is 9.78. The lowest BCUT2D eigenvalue weighted by Gasteiger charge is -2.24. The van der Waals surface area contributed by atoms with Crippen LogP contribution >= 0.6 is 23.2 Å². The Morgan fingerprint density at radius 2 is 1.82 bits per heavy atom. The summed E-state index contributed by atoms with van der Waals surface area (Å²) in [4.78, 5) is 12.6. The molecule has 0 aliphatic rings. The first-order valence-electron chi connectivity index (χ1n) is 5.29. The van der Waals surface area contributed by atoms with E-state index in [1.807, 2.05) is 18.7 Å². The van der Waals surface area contributed by atoms with Gasteiger partial charge in [0, 0.05) is 22.6 Å². The van der Waals surface area contributed by atoms with Crippen molar-refractivity contribution in [3.63, 3.8) is 0 Å². The predicted molar refractivity (Wildman–Crippen MR) is 69.6 cm³/mol. The molecule has 1 aromatic rings. The summed E-state index contributed by atoms with van der Waals surface area (Å²) in [5.74, 6) is -0.841. The third-order valence-electron chi connectivity index (χ3n) is 2.38. The van der Waals surface area contributed by atoms with E-state index in [9.17, 15) is 4.79 Å². The summed E-state index contributed by atoms with van der Waals surface area (Å²) in [7, 11) is 0. The Morgan fingerprint density at radius 3 is 2.24 bits per heavy atom. The molecular formula is C12H15Cl2NO2. The molecule has 0 amide bonds. The molecule has 1 aromatic carbocycles. The number of carboxylic acid groups (broad SMARTS) is 1. The molecule has 0 fully saturated rings. The fourth-order valence-corrected chi connectivity index (χ4v) is 2.10. The number of hydrogen-bond donors (Lipinski definition) is 1. The van der Waals surface area contributed by atoms with Crippen molar-refractivity contribution in [1.29, 1.82) is 0 Å². The van der Waals surface area contributed by atoms with E-state index in [1.165, 1.54) is 0 Å². The van der Waals surface area contributed by atoms with Crippen molar-refractivity contribution in [2.45, 2.75) is 26.4 Å². The first-order valence-corrected chi connectivity index (χ1v) is 6.05. The second-order valence-corrected chi connectivity index (χ2v) is 5.04. The van der Waals surface area contributed by atoms with Crippen molar-refractivity contribution >= 4 is 29.2 Å². The normalized spacial score (nSPS) is 11.2. The molecule has 1 rings (SSSR count). The Kier molecular flexibility index (Phi) is 5.25. The van der Waals surface area contributed by atoms with Crippen LogP contribution < -0.4 is 0 Å². The number of aliphatic carboxylic acids is 1. The Morgan fingerprint density at radius 1 is 1.29 bits per heavy atom. The number of halogens is 2. The van der Waals surface area contributed by atoms with Crippen molar-refractivity contribution in [2.24, 2.45) is 0 Å². The Bertz CT molecular complexity index is 387. The van der Waals surface area contributed by atoms with Crippen molar-refractivity contribution < 1.29 is 9.90 Å². The molecule has 1 N–H and O–H groups in total. The minimum absolute atomic E-state index is 0.00178. The molecule has 0 radical (unpaired) electrons. The second kappa shape index (κ2) is 6.24. The van der Waals surface area contributed by atoms with Crippen LogP contribution in [-0.2, 0) is 11.3 Å². The molecule has 3 nitrogen and oxygen atoms in total. The molecule has 0 saturated carbocycles. The highest BCUT2D eigenvalue weighted by Gasteiger charge is 2.14. The number of rotatable bonds is 5. The SMILES string of the molecule is CC(C)N(CC(=O)O)Cc1cc(Cl)cc(Cl)c1. The summed E-state index contributed by atoms with van der Waals surface area (Å²) < 4.78 is 0.